The molecule has 1 fully saturated rings. The average molecular weight is 173 g/mol. The van der Waals surface area contributed by atoms with Gasteiger partial charge in [0, 0.05) is 13.1 Å². The lowest BCUT2D eigenvalue weighted by Gasteiger charge is -2.47. The number of methoxy groups -OCH3 is 1. The van der Waals surface area contributed by atoms with Gasteiger partial charge in [-0.1, -0.05) is 0 Å². The van der Waals surface area contributed by atoms with E-state index in [1.54, 1.807) is 13.8 Å². The first-order valence-corrected chi connectivity index (χ1v) is 3.95. The van der Waals surface area contributed by atoms with Crippen molar-refractivity contribution in [3.05, 3.63) is 0 Å². The average Bonchev–Trinajstić information content (AvgIpc) is 1.98. The lowest BCUT2D eigenvalue weighted by Crippen LogP contribution is -2.69. The quantitative estimate of drug-likeness (QED) is 0.554. The second-order valence-corrected chi connectivity index (χ2v) is 3.75. The molecule has 12 heavy (non-hydrogen) atoms. The van der Waals surface area contributed by atoms with E-state index in [-0.39, 0.29) is 5.97 Å². The molecule has 0 saturated carbocycles. The van der Waals surface area contributed by atoms with Crippen LogP contribution in [0.4, 0.5) is 0 Å². The molecule has 0 aliphatic carbocycles. The second-order valence-electron chi connectivity index (χ2n) is 3.75. The molecular formula is C8H15NO3. The van der Waals surface area contributed by atoms with Gasteiger partial charge in [0.2, 0.25) is 0 Å². The summed E-state index contributed by atoms with van der Waals surface area (Å²) in [5.41, 5.74) is -1.77. The van der Waals surface area contributed by atoms with Crippen molar-refractivity contribution in [3.63, 3.8) is 0 Å². The zero-order chi connectivity index (χ0) is 9.41. The van der Waals surface area contributed by atoms with Crippen molar-refractivity contribution in [1.29, 1.82) is 0 Å². The molecule has 1 rings (SSSR count). The third kappa shape index (κ3) is 1.11. The first-order valence-electron chi connectivity index (χ1n) is 3.95. The Labute approximate surface area is 71.9 Å². The minimum absolute atomic E-state index is 0.369. The number of rotatable bonds is 2. The third-order valence-corrected chi connectivity index (χ3v) is 2.69. The van der Waals surface area contributed by atoms with Gasteiger partial charge in [-0.05, 0) is 13.8 Å². The zero-order valence-electron chi connectivity index (χ0n) is 7.68. The largest absolute Gasteiger partial charge is 0.469 e. The van der Waals surface area contributed by atoms with Crippen LogP contribution in [0.25, 0.3) is 0 Å². The van der Waals surface area contributed by atoms with Crippen molar-refractivity contribution in [2.24, 2.45) is 5.41 Å². The van der Waals surface area contributed by atoms with E-state index >= 15 is 0 Å². The van der Waals surface area contributed by atoms with Gasteiger partial charge in [-0.25, -0.2) is 0 Å². The summed E-state index contributed by atoms with van der Waals surface area (Å²) >= 11 is 0. The molecule has 0 amide bonds. The summed E-state index contributed by atoms with van der Waals surface area (Å²) < 4.78 is 4.61. The van der Waals surface area contributed by atoms with Crippen molar-refractivity contribution < 1.29 is 14.6 Å². The van der Waals surface area contributed by atoms with E-state index in [1.807, 2.05) is 0 Å². The Balaban J connectivity index is 2.76. The monoisotopic (exact) mass is 173 g/mol. The predicted octanol–water partition coefficient (Wildman–Crippen LogP) is -0.480. The molecule has 0 aromatic rings. The molecule has 1 saturated heterocycles. The smallest absolute Gasteiger partial charge is 0.314 e. The Morgan fingerprint density at radius 1 is 1.58 bits per heavy atom. The van der Waals surface area contributed by atoms with Crippen LogP contribution in [-0.4, -0.2) is 36.9 Å². The predicted molar refractivity (Wildman–Crippen MR) is 43.6 cm³/mol. The standard InChI is InChI=1S/C8H15NO3/c1-7(2,6(10)12-3)8(11)4-9-5-8/h9,11H,4-5H2,1-3H3. The summed E-state index contributed by atoms with van der Waals surface area (Å²) in [6.45, 7) is 4.30. The van der Waals surface area contributed by atoms with E-state index in [4.69, 9.17) is 0 Å². The van der Waals surface area contributed by atoms with E-state index < -0.39 is 11.0 Å². The Morgan fingerprint density at radius 2 is 2.08 bits per heavy atom. The van der Waals surface area contributed by atoms with Crippen LogP contribution in [-0.2, 0) is 9.53 Å². The van der Waals surface area contributed by atoms with E-state index in [0.29, 0.717) is 13.1 Å². The normalized spacial score (nSPS) is 21.3. The number of aliphatic hydroxyl groups is 1. The van der Waals surface area contributed by atoms with Gasteiger partial charge in [-0.2, -0.15) is 0 Å². The fourth-order valence-electron chi connectivity index (χ4n) is 1.25. The highest BCUT2D eigenvalue weighted by molar-refractivity contribution is 5.77. The van der Waals surface area contributed by atoms with Crippen LogP contribution in [0.3, 0.4) is 0 Å². The number of nitrogens with one attached hydrogen (secondary N) is 1. The molecule has 0 bridgehead atoms. The Hall–Kier alpha value is -0.610. The Morgan fingerprint density at radius 3 is 2.33 bits per heavy atom. The molecule has 0 radical (unpaired) electrons. The molecule has 1 aliphatic rings. The molecule has 4 heteroatoms. The van der Waals surface area contributed by atoms with Crippen LogP contribution in [0.1, 0.15) is 13.8 Å². The molecular weight excluding hydrogens is 158 g/mol. The molecule has 2 N–H and O–H groups in total. The van der Waals surface area contributed by atoms with Gasteiger partial charge < -0.3 is 15.2 Å². The minimum Gasteiger partial charge on any atom is -0.469 e. The maximum absolute atomic E-state index is 11.3. The van der Waals surface area contributed by atoms with Gasteiger partial charge in [-0.3, -0.25) is 4.79 Å². The number of carbonyl (C=O) groups is 1. The fraction of sp³-hybridized carbons (Fsp3) is 0.875. The van der Waals surface area contributed by atoms with Crippen molar-refractivity contribution in [2.75, 3.05) is 20.2 Å². The van der Waals surface area contributed by atoms with Crippen LogP contribution in [0.2, 0.25) is 0 Å². The number of ether oxygens (including phenoxy) is 1. The third-order valence-electron chi connectivity index (χ3n) is 2.69. The van der Waals surface area contributed by atoms with E-state index in [2.05, 4.69) is 10.1 Å². The number of hydrogen-bond donors (Lipinski definition) is 2. The summed E-state index contributed by atoms with van der Waals surface area (Å²) in [7, 11) is 1.33. The number of esters is 1. The molecule has 0 aromatic heterocycles. The summed E-state index contributed by atoms with van der Waals surface area (Å²) in [5.74, 6) is -0.369. The summed E-state index contributed by atoms with van der Waals surface area (Å²) in [4.78, 5) is 11.3. The Bertz CT molecular complexity index is 196. The van der Waals surface area contributed by atoms with Gasteiger partial charge in [0.1, 0.15) is 5.60 Å². The van der Waals surface area contributed by atoms with E-state index in [1.165, 1.54) is 7.11 Å². The maximum Gasteiger partial charge on any atom is 0.314 e. The van der Waals surface area contributed by atoms with Gasteiger partial charge in [-0.15, -0.1) is 0 Å². The molecule has 70 valence electrons. The van der Waals surface area contributed by atoms with E-state index in [9.17, 15) is 9.90 Å². The van der Waals surface area contributed by atoms with Gasteiger partial charge in [0.05, 0.1) is 12.5 Å². The highest BCUT2D eigenvalue weighted by Gasteiger charge is 2.53. The lowest BCUT2D eigenvalue weighted by molar-refractivity contribution is -0.175. The SMILES string of the molecule is COC(=O)C(C)(C)C1(O)CNC1. The first-order chi connectivity index (χ1) is 5.44. The van der Waals surface area contributed by atoms with Crippen molar-refractivity contribution >= 4 is 5.97 Å². The Kier molecular flexibility index (Phi) is 2.14. The topological polar surface area (TPSA) is 58.6 Å². The van der Waals surface area contributed by atoms with Crippen LogP contribution in [0.5, 0.6) is 0 Å². The van der Waals surface area contributed by atoms with Crippen molar-refractivity contribution in [2.45, 2.75) is 19.4 Å². The highest BCUT2D eigenvalue weighted by Crippen LogP contribution is 2.34. The first kappa shape index (κ1) is 9.48. The minimum atomic E-state index is -0.944. The van der Waals surface area contributed by atoms with Crippen molar-refractivity contribution in [1.82, 2.24) is 5.32 Å². The molecule has 0 unspecified atom stereocenters. The molecule has 0 atom stereocenters. The maximum atomic E-state index is 11.3. The molecule has 0 aromatic carbocycles. The lowest BCUT2D eigenvalue weighted by atomic mass is 9.71. The molecule has 1 aliphatic heterocycles. The second kappa shape index (κ2) is 2.71. The fourth-order valence-corrected chi connectivity index (χ4v) is 1.25. The number of β-amino-alcohol motifs (C(OH)–C–C–N with tert-alkyl or cyclic N) is 1. The number of hydrogen-bond acceptors (Lipinski definition) is 4. The molecule has 4 nitrogen and oxygen atoms in total. The van der Waals surface area contributed by atoms with Crippen LogP contribution < -0.4 is 5.32 Å². The van der Waals surface area contributed by atoms with Crippen LogP contribution in [0, 0.1) is 5.41 Å². The number of carbonyl (C=O) groups excluding carboxylic acids is 1. The summed E-state index contributed by atoms with van der Waals surface area (Å²) in [6.07, 6.45) is 0. The highest BCUT2D eigenvalue weighted by atomic mass is 16.5. The van der Waals surface area contributed by atoms with Crippen LogP contribution in [0.15, 0.2) is 0 Å². The zero-order valence-corrected chi connectivity index (χ0v) is 7.68. The molecule has 1 heterocycles. The summed E-state index contributed by atoms with van der Waals surface area (Å²) in [6, 6.07) is 0. The van der Waals surface area contributed by atoms with Gasteiger partial charge in [0.25, 0.3) is 0 Å². The van der Waals surface area contributed by atoms with Gasteiger partial charge >= 0.3 is 5.97 Å². The van der Waals surface area contributed by atoms with Crippen LogP contribution >= 0.6 is 0 Å². The van der Waals surface area contributed by atoms with Gasteiger partial charge in [0.15, 0.2) is 0 Å². The van der Waals surface area contributed by atoms with E-state index in [0.717, 1.165) is 0 Å². The molecule has 0 spiro atoms. The van der Waals surface area contributed by atoms with Crippen molar-refractivity contribution in [3.8, 4) is 0 Å². The summed E-state index contributed by atoms with van der Waals surface area (Å²) in [5, 5.41) is 12.8.